The summed E-state index contributed by atoms with van der Waals surface area (Å²) < 4.78 is 5.20. The maximum Gasteiger partial charge on any atom is 0.277 e. The molecule has 0 radical (unpaired) electrons. The summed E-state index contributed by atoms with van der Waals surface area (Å²) in [5.41, 5.74) is 5.09. The molecule has 0 aliphatic carbocycles. The van der Waals surface area contributed by atoms with Crippen LogP contribution in [-0.2, 0) is 0 Å². The van der Waals surface area contributed by atoms with Gasteiger partial charge in [-0.25, -0.2) is 4.98 Å². The van der Waals surface area contributed by atoms with Crippen LogP contribution in [0.25, 0.3) is 0 Å². The molecule has 0 amide bonds. The standard InChI is InChI=1S/C8H14N4O2/c1-2-10-3-4-14-8-6(9)7(13)11-5-12-8/h5,10H,2-4,9H2,1H3,(H,11,12,13). The van der Waals surface area contributed by atoms with Gasteiger partial charge >= 0.3 is 0 Å². The fourth-order valence-corrected chi connectivity index (χ4v) is 0.906. The molecule has 1 aromatic rings. The van der Waals surface area contributed by atoms with Crippen molar-refractivity contribution in [2.45, 2.75) is 6.92 Å². The lowest BCUT2D eigenvalue weighted by Crippen LogP contribution is -2.22. The fourth-order valence-electron chi connectivity index (χ4n) is 0.906. The molecule has 0 saturated heterocycles. The van der Waals surface area contributed by atoms with E-state index in [1.54, 1.807) is 0 Å². The van der Waals surface area contributed by atoms with E-state index >= 15 is 0 Å². The minimum atomic E-state index is -0.376. The summed E-state index contributed by atoms with van der Waals surface area (Å²) in [6.45, 7) is 4.01. The van der Waals surface area contributed by atoms with Crippen molar-refractivity contribution in [1.82, 2.24) is 15.3 Å². The second-order valence-corrected chi connectivity index (χ2v) is 2.65. The largest absolute Gasteiger partial charge is 0.475 e. The molecule has 4 N–H and O–H groups in total. The van der Waals surface area contributed by atoms with Crippen LogP contribution < -0.4 is 21.3 Å². The summed E-state index contributed by atoms with van der Waals surface area (Å²) in [4.78, 5) is 17.2. The molecule has 1 aromatic heterocycles. The Hall–Kier alpha value is -1.56. The summed E-state index contributed by atoms with van der Waals surface area (Å²) in [5.74, 6) is 0.187. The third-order valence-electron chi connectivity index (χ3n) is 1.62. The lowest BCUT2D eigenvalue weighted by Gasteiger charge is -2.06. The molecule has 6 nitrogen and oxygen atoms in total. The van der Waals surface area contributed by atoms with Gasteiger partial charge in [-0.3, -0.25) is 4.79 Å². The molecule has 0 saturated carbocycles. The Bertz CT molecular complexity index is 336. The van der Waals surface area contributed by atoms with Crippen LogP contribution in [-0.4, -0.2) is 29.7 Å². The molecule has 0 aliphatic heterocycles. The number of nitrogens with two attached hydrogens (primary N) is 1. The van der Waals surface area contributed by atoms with E-state index in [1.165, 1.54) is 6.33 Å². The van der Waals surface area contributed by atoms with E-state index in [1.807, 2.05) is 6.92 Å². The zero-order valence-electron chi connectivity index (χ0n) is 8.04. The highest BCUT2D eigenvalue weighted by Gasteiger charge is 2.04. The van der Waals surface area contributed by atoms with Crippen LogP contribution >= 0.6 is 0 Å². The summed E-state index contributed by atoms with van der Waals surface area (Å²) in [6, 6.07) is 0. The van der Waals surface area contributed by atoms with E-state index in [0.717, 1.165) is 6.54 Å². The van der Waals surface area contributed by atoms with Crippen molar-refractivity contribution in [2.24, 2.45) is 0 Å². The van der Waals surface area contributed by atoms with Crippen LogP contribution in [0.5, 0.6) is 5.88 Å². The number of hydrogen-bond acceptors (Lipinski definition) is 5. The number of nitrogen functional groups attached to an aromatic ring is 1. The van der Waals surface area contributed by atoms with Crippen molar-refractivity contribution in [3.05, 3.63) is 16.7 Å². The lowest BCUT2D eigenvalue weighted by molar-refractivity contribution is 0.304. The van der Waals surface area contributed by atoms with Gasteiger partial charge in [0, 0.05) is 6.54 Å². The predicted octanol–water partition coefficient (Wildman–Crippen LogP) is -0.660. The molecule has 0 aliphatic rings. The highest BCUT2D eigenvalue weighted by Crippen LogP contribution is 2.09. The molecule has 1 heterocycles. The third kappa shape index (κ3) is 2.74. The Morgan fingerprint density at radius 1 is 1.71 bits per heavy atom. The number of rotatable bonds is 5. The smallest absolute Gasteiger partial charge is 0.277 e. The van der Waals surface area contributed by atoms with E-state index in [0.29, 0.717) is 13.2 Å². The van der Waals surface area contributed by atoms with Crippen molar-refractivity contribution in [3.63, 3.8) is 0 Å². The number of likely N-dealkylation sites (N-methyl/N-ethyl adjacent to an activating group) is 1. The Balaban J connectivity index is 2.51. The quantitative estimate of drug-likeness (QED) is 0.546. The average Bonchev–Trinajstić information content (AvgIpc) is 2.19. The van der Waals surface area contributed by atoms with E-state index < -0.39 is 0 Å². The molecule has 78 valence electrons. The lowest BCUT2D eigenvalue weighted by atomic mass is 10.5. The van der Waals surface area contributed by atoms with Gasteiger partial charge in [-0.1, -0.05) is 6.92 Å². The van der Waals surface area contributed by atoms with Gasteiger partial charge in [0.1, 0.15) is 6.61 Å². The van der Waals surface area contributed by atoms with Gasteiger partial charge in [0.05, 0.1) is 6.33 Å². The van der Waals surface area contributed by atoms with Gasteiger partial charge in [-0.2, -0.15) is 0 Å². The number of hydrogen-bond donors (Lipinski definition) is 3. The van der Waals surface area contributed by atoms with Gasteiger partial charge in [-0.15, -0.1) is 0 Å². The highest BCUT2D eigenvalue weighted by molar-refractivity contribution is 5.44. The van der Waals surface area contributed by atoms with E-state index in [2.05, 4.69) is 15.3 Å². The number of aromatic amines is 1. The first-order valence-corrected chi connectivity index (χ1v) is 4.42. The average molecular weight is 198 g/mol. The fraction of sp³-hybridized carbons (Fsp3) is 0.500. The van der Waals surface area contributed by atoms with Gasteiger partial charge in [0.25, 0.3) is 5.56 Å². The monoisotopic (exact) mass is 198 g/mol. The van der Waals surface area contributed by atoms with Crippen LogP contribution in [0, 0.1) is 0 Å². The van der Waals surface area contributed by atoms with Crippen LogP contribution in [0.2, 0.25) is 0 Å². The molecule has 0 unspecified atom stereocenters. The SMILES string of the molecule is CCNCCOc1nc[nH]c(=O)c1N. The van der Waals surface area contributed by atoms with Crippen LogP contribution in [0.1, 0.15) is 6.92 Å². The highest BCUT2D eigenvalue weighted by atomic mass is 16.5. The number of ether oxygens (including phenoxy) is 1. The Morgan fingerprint density at radius 3 is 3.21 bits per heavy atom. The van der Waals surface area contributed by atoms with Crippen molar-refractivity contribution >= 4 is 5.69 Å². The summed E-state index contributed by atoms with van der Waals surface area (Å²) in [6.07, 6.45) is 1.27. The van der Waals surface area contributed by atoms with Gasteiger partial charge in [-0.05, 0) is 6.54 Å². The molecule has 0 aromatic carbocycles. The Kier molecular flexibility index (Phi) is 3.93. The van der Waals surface area contributed by atoms with Crippen molar-refractivity contribution in [2.75, 3.05) is 25.4 Å². The minimum absolute atomic E-state index is 0.0176. The van der Waals surface area contributed by atoms with Crippen LogP contribution in [0.4, 0.5) is 5.69 Å². The van der Waals surface area contributed by atoms with Crippen molar-refractivity contribution in [3.8, 4) is 5.88 Å². The molecule has 6 heteroatoms. The maximum absolute atomic E-state index is 11.0. The third-order valence-corrected chi connectivity index (χ3v) is 1.62. The first-order valence-electron chi connectivity index (χ1n) is 4.42. The minimum Gasteiger partial charge on any atom is -0.475 e. The topological polar surface area (TPSA) is 93.0 Å². The predicted molar refractivity (Wildman–Crippen MR) is 53.3 cm³/mol. The van der Waals surface area contributed by atoms with E-state index in [9.17, 15) is 4.79 Å². The molecule has 0 atom stereocenters. The Morgan fingerprint density at radius 2 is 2.50 bits per heavy atom. The number of nitrogens with one attached hydrogen (secondary N) is 2. The van der Waals surface area contributed by atoms with Crippen LogP contribution in [0.3, 0.4) is 0 Å². The normalized spacial score (nSPS) is 10.1. The first-order chi connectivity index (χ1) is 6.75. The summed E-state index contributed by atoms with van der Waals surface area (Å²) in [5, 5.41) is 3.07. The first kappa shape index (κ1) is 10.5. The zero-order chi connectivity index (χ0) is 10.4. The number of H-pyrrole nitrogens is 1. The Labute approximate surface area is 81.5 Å². The van der Waals surface area contributed by atoms with Gasteiger partial charge < -0.3 is 20.8 Å². The molecular formula is C8H14N4O2. The van der Waals surface area contributed by atoms with E-state index in [-0.39, 0.29) is 17.1 Å². The molecule has 0 spiro atoms. The molecule has 14 heavy (non-hydrogen) atoms. The van der Waals surface area contributed by atoms with Crippen molar-refractivity contribution in [1.29, 1.82) is 0 Å². The van der Waals surface area contributed by atoms with Gasteiger partial charge in [0.2, 0.25) is 5.88 Å². The van der Waals surface area contributed by atoms with Gasteiger partial charge in [0.15, 0.2) is 5.69 Å². The molecular weight excluding hydrogens is 184 g/mol. The second kappa shape index (κ2) is 5.23. The number of nitrogens with zero attached hydrogens (tertiary/aromatic N) is 1. The van der Waals surface area contributed by atoms with Crippen molar-refractivity contribution < 1.29 is 4.74 Å². The molecule has 0 fully saturated rings. The maximum atomic E-state index is 11.0. The summed E-state index contributed by atoms with van der Waals surface area (Å²) >= 11 is 0. The summed E-state index contributed by atoms with van der Waals surface area (Å²) in [7, 11) is 0. The number of anilines is 1. The van der Waals surface area contributed by atoms with Crippen LogP contribution in [0.15, 0.2) is 11.1 Å². The van der Waals surface area contributed by atoms with E-state index in [4.69, 9.17) is 10.5 Å². The number of aromatic nitrogens is 2. The zero-order valence-corrected chi connectivity index (χ0v) is 8.04. The molecule has 1 rings (SSSR count). The molecule has 0 bridgehead atoms. The second-order valence-electron chi connectivity index (χ2n) is 2.65.